The molecule has 142 valence electrons. The molecule has 0 spiro atoms. The lowest BCUT2D eigenvalue weighted by Gasteiger charge is -2.25. The van der Waals surface area contributed by atoms with Gasteiger partial charge in [0.1, 0.15) is 36.2 Å². The minimum Gasteiger partial charge on any atom is -0.497 e. The van der Waals surface area contributed by atoms with Gasteiger partial charge in [0.05, 0.1) is 18.9 Å². The zero-order chi connectivity index (χ0) is 18.8. The molecule has 26 heavy (non-hydrogen) atoms. The minimum atomic E-state index is -0.186. The molecule has 0 radical (unpaired) electrons. The van der Waals surface area contributed by atoms with Gasteiger partial charge in [0, 0.05) is 13.1 Å². The number of hydrogen-bond acceptors (Lipinski definition) is 7. The molecule has 5 nitrogen and oxygen atoms in total. The molecule has 2 aromatic carbocycles. The Morgan fingerprint density at radius 1 is 0.692 bits per heavy atom. The van der Waals surface area contributed by atoms with Crippen LogP contribution in [0.25, 0.3) is 0 Å². The summed E-state index contributed by atoms with van der Waals surface area (Å²) in [5.74, 6) is 3.21. The van der Waals surface area contributed by atoms with E-state index in [0.717, 1.165) is 23.0 Å². The van der Waals surface area contributed by atoms with E-state index < -0.39 is 0 Å². The summed E-state index contributed by atoms with van der Waals surface area (Å²) in [5.41, 5.74) is 0. The van der Waals surface area contributed by atoms with Crippen molar-refractivity contribution >= 4 is 25.3 Å². The van der Waals surface area contributed by atoms with Crippen LogP contribution in [0.3, 0.4) is 0 Å². The van der Waals surface area contributed by atoms with Crippen molar-refractivity contribution in [2.24, 2.45) is 0 Å². The second kappa shape index (κ2) is 11.1. The van der Waals surface area contributed by atoms with Crippen LogP contribution in [0.1, 0.15) is 0 Å². The second-order valence-corrected chi connectivity index (χ2v) is 6.82. The number of hydrogen-bond donors (Lipinski definition) is 2. The Hall–Kier alpha value is -1.70. The summed E-state index contributed by atoms with van der Waals surface area (Å²) in [6.07, 6.45) is 0. The monoisotopic (exact) mass is 395 g/mol. The highest BCUT2D eigenvalue weighted by atomic mass is 32.2. The first-order valence-corrected chi connectivity index (χ1v) is 9.29. The van der Waals surface area contributed by atoms with E-state index in [1.54, 1.807) is 14.2 Å². The van der Waals surface area contributed by atoms with Gasteiger partial charge in [0.25, 0.3) is 0 Å². The van der Waals surface area contributed by atoms with Gasteiger partial charge in [-0.25, -0.2) is 0 Å². The molecule has 0 atom stereocenters. The lowest BCUT2D eigenvalue weighted by atomic mass is 10.3. The molecule has 0 saturated carbocycles. The molecule has 0 N–H and O–H groups in total. The topological polar surface area (TPSA) is 40.2 Å². The molecule has 0 unspecified atom stereocenters. The summed E-state index contributed by atoms with van der Waals surface area (Å²) in [5, 5.41) is 0. The fourth-order valence-electron chi connectivity index (χ4n) is 2.25. The average Bonchev–Trinajstić information content (AvgIpc) is 2.67. The number of nitrogens with zero attached hydrogens (tertiary/aromatic N) is 1. The standard InChI is InChI=1S/C19H25NO4S2/c1-21-15-3-7-17(8-4-15)23-13-11-20(19(25)26)12-14-24-18-9-5-16(22-2)6-10-18/h3-10,19,25-26H,11-14H2,1-2H3. The Morgan fingerprint density at radius 2 is 1.04 bits per heavy atom. The highest BCUT2D eigenvalue weighted by molar-refractivity contribution is 7.99. The van der Waals surface area contributed by atoms with Crippen molar-refractivity contribution in [1.82, 2.24) is 4.90 Å². The third-order valence-electron chi connectivity index (χ3n) is 3.74. The molecule has 0 aromatic heterocycles. The summed E-state index contributed by atoms with van der Waals surface area (Å²) >= 11 is 8.82. The van der Waals surface area contributed by atoms with E-state index >= 15 is 0 Å². The summed E-state index contributed by atoms with van der Waals surface area (Å²) < 4.78 is 21.6. The summed E-state index contributed by atoms with van der Waals surface area (Å²) in [4.78, 5) is 2.07. The molecule has 0 aliphatic carbocycles. The molecule has 2 rings (SSSR count). The second-order valence-electron chi connectivity index (χ2n) is 5.43. The van der Waals surface area contributed by atoms with Crippen LogP contribution in [0.2, 0.25) is 0 Å². The lowest BCUT2D eigenvalue weighted by Crippen LogP contribution is -2.35. The number of methoxy groups -OCH3 is 2. The Balaban J connectivity index is 1.73. The van der Waals surface area contributed by atoms with Crippen LogP contribution in [0.15, 0.2) is 48.5 Å². The number of rotatable bonds is 11. The number of benzene rings is 2. The van der Waals surface area contributed by atoms with E-state index in [1.165, 1.54) is 0 Å². The van der Waals surface area contributed by atoms with Crippen molar-refractivity contribution in [2.75, 3.05) is 40.5 Å². The zero-order valence-corrected chi connectivity index (χ0v) is 16.8. The fraction of sp³-hybridized carbons (Fsp3) is 0.368. The molecule has 7 heteroatoms. The van der Waals surface area contributed by atoms with Gasteiger partial charge in [-0.3, -0.25) is 4.90 Å². The highest BCUT2D eigenvalue weighted by Crippen LogP contribution is 2.18. The molecule has 0 fully saturated rings. The Morgan fingerprint density at radius 3 is 1.35 bits per heavy atom. The van der Waals surface area contributed by atoms with E-state index in [0.29, 0.717) is 26.3 Å². The van der Waals surface area contributed by atoms with Gasteiger partial charge in [-0.2, -0.15) is 0 Å². The van der Waals surface area contributed by atoms with E-state index in [4.69, 9.17) is 18.9 Å². The molecular weight excluding hydrogens is 370 g/mol. The summed E-state index contributed by atoms with van der Waals surface area (Å²) in [6, 6.07) is 15.0. The normalized spacial score (nSPS) is 10.8. The van der Waals surface area contributed by atoms with Gasteiger partial charge in [-0.05, 0) is 48.5 Å². The van der Waals surface area contributed by atoms with Crippen molar-refractivity contribution in [1.29, 1.82) is 0 Å². The molecular formula is C19H25NO4S2. The van der Waals surface area contributed by atoms with Gasteiger partial charge in [-0.15, -0.1) is 25.3 Å². The average molecular weight is 396 g/mol. The Bertz CT molecular complexity index is 581. The third-order valence-corrected chi connectivity index (χ3v) is 4.39. The largest absolute Gasteiger partial charge is 0.497 e. The third kappa shape index (κ3) is 6.90. The van der Waals surface area contributed by atoms with Crippen molar-refractivity contribution in [3.63, 3.8) is 0 Å². The first-order chi connectivity index (χ1) is 12.6. The Labute approximate surface area is 166 Å². The molecule has 2 aromatic rings. The number of ether oxygens (including phenoxy) is 4. The van der Waals surface area contributed by atoms with Crippen LogP contribution in [-0.4, -0.2) is 50.1 Å². The van der Waals surface area contributed by atoms with Crippen LogP contribution in [-0.2, 0) is 0 Å². The summed E-state index contributed by atoms with van der Waals surface area (Å²) in [6.45, 7) is 2.45. The minimum absolute atomic E-state index is 0.186. The van der Waals surface area contributed by atoms with Gasteiger partial charge < -0.3 is 18.9 Å². The van der Waals surface area contributed by atoms with Crippen LogP contribution < -0.4 is 18.9 Å². The van der Waals surface area contributed by atoms with Crippen molar-refractivity contribution in [3.8, 4) is 23.0 Å². The fourth-order valence-corrected chi connectivity index (χ4v) is 2.71. The number of thiol groups is 2. The maximum Gasteiger partial charge on any atom is 0.119 e. The van der Waals surface area contributed by atoms with E-state index in [1.807, 2.05) is 48.5 Å². The lowest BCUT2D eigenvalue weighted by molar-refractivity contribution is 0.190. The quantitative estimate of drug-likeness (QED) is 0.449. The van der Waals surface area contributed by atoms with E-state index in [-0.39, 0.29) is 4.71 Å². The summed E-state index contributed by atoms with van der Waals surface area (Å²) in [7, 11) is 3.28. The highest BCUT2D eigenvalue weighted by Gasteiger charge is 2.11. The van der Waals surface area contributed by atoms with Crippen LogP contribution in [0.5, 0.6) is 23.0 Å². The van der Waals surface area contributed by atoms with Crippen molar-refractivity contribution < 1.29 is 18.9 Å². The van der Waals surface area contributed by atoms with Gasteiger partial charge in [-0.1, -0.05) is 0 Å². The molecule has 0 bridgehead atoms. The zero-order valence-electron chi connectivity index (χ0n) is 15.0. The Kier molecular flexibility index (Phi) is 8.80. The van der Waals surface area contributed by atoms with Crippen molar-refractivity contribution in [3.05, 3.63) is 48.5 Å². The molecule has 0 aliphatic rings. The molecule has 0 aliphatic heterocycles. The van der Waals surface area contributed by atoms with Gasteiger partial charge >= 0.3 is 0 Å². The predicted molar refractivity (Wildman–Crippen MR) is 110 cm³/mol. The molecule has 0 saturated heterocycles. The smallest absolute Gasteiger partial charge is 0.119 e. The first kappa shape index (κ1) is 20.6. The van der Waals surface area contributed by atoms with Gasteiger partial charge in [0.15, 0.2) is 0 Å². The van der Waals surface area contributed by atoms with Gasteiger partial charge in [0.2, 0.25) is 0 Å². The van der Waals surface area contributed by atoms with Crippen LogP contribution >= 0.6 is 25.3 Å². The molecule has 0 heterocycles. The van der Waals surface area contributed by atoms with Crippen LogP contribution in [0, 0.1) is 0 Å². The predicted octanol–water partition coefficient (Wildman–Crippen LogP) is 3.61. The SMILES string of the molecule is COc1ccc(OCCN(CCOc2ccc(OC)cc2)C(S)S)cc1. The van der Waals surface area contributed by atoms with E-state index in [9.17, 15) is 0 Å². The van der Waals surface area contributed by atoms with E-state index in [2.05, 4.69) is 30.2 Å². The first-order valence-electron chi connectivity index (χ1n) is 8.26. The molecule has 0 amide bonds. The maximum atomic E-state index is 5.76. The van der Waals surface area contributed by atoms with Crippen molar-refractivity contribution in [2.45, 2.75) is 4.71 Å². The van der Waals surface area contributed by atoms with Crippen LogP contribution in [0.4, 0.5) is 0 Å². The maximum absolute atomic E-state index is 5.76.